The molecule has 1 saturated heterocycles. The number of benzene rings is 1. The highest BCUT2D eigenvalue weighted by Crippen LogP contribution is 2.23. The normalized spacial score (nSPS) is 22.6. The van der Waals surface area contributed by atoms with Crippen LogP contribution in [0, 0.1) is 20.2 Å². The van der Waals surface area contributed by atoms with Crippen molar-refractivity contribution in [1.29, 1.82) is 0 Å². The molecule has 9 heteroatoms. The highest BCUT2D eigenvalue weighted by molar-refractivity contribution is 5.98. The Hall–Kier alpha value is -2.55. The van der Waals surface area contributed by atoms with Crippen LogP contribution in [0.2, 0.25) is 0 Å². The monoisotopic (exact) mass is 266 g/mol. The number of anilines is 1. The van der Waals surface area contributed by atoms with E-state index in [4.69, 9.17) is 0 Å². The Labute approximate surface area is 107 Å². The fourth-order valence-electron chi connectivity index (χ4n) is 1.88. The largest absolute Gasteiger partial charge is 0.317 e. The Kier molecular flexibility index (Phi) is 3.13. The molecule has 1 aromatic rings. The zero-order valence-electron chi connectivity index (χ0n) is 9.85. The van der Waals surface area contributed by atoms with E-state index in [0.717, 1.165) is 5.01 Å². The number of hydrogen-bond donors (Lipinski definition) is 1. The van der Waals surface area contributed by atoms with Gasteiger partial charge in [-0.2, -0.15) is 0 Å². The van der Waals surface area contributed by atoms with Crippen molar-refractivity contribution in [3.63, 3.8) is 0 Å². The van der Waals surface area contributed by atoms with Crippen LogP contribution in [-0.2, 0) is 4.79 Å². The summed E-state index contributed by atoms with van der Waals surface area (Å²) in [6, 6.07) is 3.19. The smallest absolute Gasteiger partial charge is 0.265 e. The second-order valence-corrected chi connectivity index (χ2v) is 4.10. The number of hydrazine groups is 1. The van der Waals surface area contributed by atoms with Crippen LogP contribution in [0.1, 0.15) is 6.92 Å². The van der Waals surface area contributed by atoms with Crippen LogP contribution < -0.4 is 10.4 Å². The van der Waals surface area contributed by atoms with Crippen molar-refractivity contribution in [2.24, 2.45) is 0 Å². The number of nitro groups is 2. The molecule has 0 radical (unpaired) electrons. The molecule has 0 saturated carbocycles. The molecule has 0 spiro atoms. The minimum atomic E-state index is -1.35. The standard InChI is InChI=1S/C10H10N4O5/c1-6-9(14(18)19)10(15)12(11-6)7-2-4-8(5-3-7)13(16)17/h2-6,9,11H,1H3. The predicted molar refractivity (Wildman–Crippen MR) is 64.0 cm³/mol. The van der Waals surface area contributed by atoms with Gasteiger partial charge in [0, 0.05) is 17.1 Å². The number of hydrogen-bond acceptors (Lipinski definition) is 6. The molecule has 2 rings (SSSR count). The zero-order chi connectivity index (χ0) is 14.2. The molecule has 1 fully saturated rings. The van der Waals surface area contributed by atoms with E-state index in [0.29, 0.717) is 5.69 Å². The SMILES string of the molecule is CC1NN(c2ccc([N+](=O)[O-])cc2)C(=O)C1[N+](=O)[O-]. The van der Waals surface area contributed by atoms with Crippen LogP contribution >= 0.6 is 0 Å². The summed E-state index contributed by atoms with van der Waals surface area (Å²) in [7, 11) is 0. The molecule has 100 valence electrons. The van der Waals surface area contributed by atoms with Gasteiger partial charge in [0.25, 0.3) is 5.69 Å². The van der Waals surface area contributed by atoms with Crippen molar-refractivity contribution in [3.05, 3.63) is 44.5 Å². The molecule has 19 heavy (non-hydrogen) atoms. The minimum absolute atomic E-state index is 0.116. The molecule has 9 nitrogen and oxygen atoms in total. The number of amides is 1. The van der Waals surface area contributed by atoms with Crippen LogP contribution in [-0.4, -0.2) is 27.8 Å². The second-order valence-electron chi connectivity index (χ2n) is 4.10. The highest BCUT2D eigenvalue weighted by atomic mass is 16.6. The molecule has 1 heterocycles. The van der Waals surface area contributed by atoms with Crippen molar-refractivity contribution in [3.8, 4) is 0 Å². The number of nitro benzene ring substituents is 1. The van der Waals surface area contributed by atoms with Crippen LogP contribution in [0.5, 0.6) is 0 Å². The van der Waals surface area contributed by atoms with Gasteiger partial charge in [0.15, 0.2) is 0 Å². The van der Waals surface area contributed by atoms with Crippen molar-refractivity contribution in [2.75, 3.05) is 5.01 Å². The zero-order valence-corrected chi connectivity index (χ0v) is 9.85. The Bertz CT molecular complexity index is 543. The van der Waals surface area contributed by atoms with Gasteiger partial charge in [0.05, 0.1) is 10.6 Å². The molecule has 1 aliphatic heterocycles. The summed E-state index contributed by atoms with van der Waals surface area (Å²) in [5.41, 5.74) is 2.88. The van der Waals surface area contributed by atoms with Gasteiger partial charge < -0.3 is 0 Å². The number of nitrogens with one attached hydrogen (secondary N) is 1. The molecule has 1 aromatic carbocycles. The third kappa shape index (κ3) is 2.22. The summed E-state index contributed by atoms with van der Waals surface area (Å²) in [6.45, 7) is 1.52. The van der Waals surface area contributed by atoms with E-state index in [9.17, 15) is 25.0 Å². The van der Waals surface area contributed by atoms with E-state index in [-0.39, 0.29) is 5.69 Å². The summed E-state index contributed by atoms with van der Waals surface area (Å²) in [5, 5.41) is 22.3. The van der Waals surface area contributed by atoms with Gasteiger partial charge in [-0.15, -0.1) is 0 Å². The summed E-state index contributed by atoms with van der Waals surface area (Å²) in [6.07, 6.45) is 0. The predicted octanol–water partition coefficient (Wildman–Crippen LogP) is 0.480. The number of nitrogens with zero attached hydrogens (tertiary/aromatic N) is 3. The van der Waals surface area contributed by atoms with Gasteiger partial charge >= 0.3 is 11.9 Å². The van der Waals surface area contributed by atoms with E-state index < -0.39 is 27.8 Å². The van der Waals surface area contributed by atoms with Crippen LogP contribution in [0.15, 0.2) is 24.3 Å². The molecule has 2 atom stereocenters. The lowest BCUT2D eigenvalue weighted by Gasteiger charge is -2.15. The summed E-state index contributed by atoms with van der Waals surface area (Å²) in [5.74, 6) is -0.689. The number of non-ortho nitro benzene ring substituents is 1. The first-order chi connectivity index (χ1) is 8.91. The van der Waals surface area contributed by atoms with Gasteiger partial charge in [-0.3, -0.25) is 25.0 Å². The molecule has 0 aromatic heterocycles. The molecule has 1 N–H and O–H groups in total. The lowest BCUT2D eigenvalue weighted by Crippen LogP contribution is -2.36. The van der Waals surface area contributed by atoms with Crippen molar-refractivity contribution < 1.29 is 14.6 Å². The Balaban J connectivity index is 2.26. The maximum Gasteiger partial charge on any atom is 0.317 e. The third-order valence-electron chi connectivity index (χ3n) is 2.83. The number of carbonyl (C=O) groups is 1. The summed E-state index contributed by atoms with van der Waals surface area (Å²) < 4.78 is 0. The Morgan fingerprint density at radius 1 is 1.21 bits per heavy atom. The molecular weight excluding hydrogens is 256 g/mol. The molecule has 1 amide bonds. The lowest BCUT2D eigenvalue weighted by molar-refractivity contribution is -0.508. The van der Waals surface area contributed by atoms with E-state index in [1.807, 2.05) is 0 Å². The fourth-order valence-corrected chi connectivity index (χ4v) is 1.88. The average Bonchev–Trinajstić information content (AvgIpc) is 2.65. The Morgan fingerprint density at radius 3 is 2.21 bits per heavy atom. The van der Waals surface area contributed by atoms with Gasteiger partial charge in [-0.1, -0.05) is 0 Å². The Morgan fingerprint density at radius 2 is 1.79 bits per heavy atom. The third-order valence-corrected chi connectivity index (χ3v) is 2.83. The summed E-state index contributed by atoms with van der Waals surface area (Å²) >= 11 is 0. The minimum Gasteiger partial charge on any atom is -0.265 e. The quantitative estimate of drug-likeness (QED) is 0.627. The van der Waals surface area contributed by atoms with E-state index in [2.05, 4.69) is 5.43 Å². The van der Waals surface area contributed by atoms with Crippen LogP contribution in [0.4, 0.5) is 11.4 Å². The molecule has 1 aliphatic rings. The van der Waals surface area contributed by atoms with Gasteiger partial charge in [0.1, 0.15) is 6.04 Å². The molecule has 0 bridgehead atoms. The fraction of sp³-hybridized carbons (Fsp3) is 0.300. The molecule has 0 aliphatic carbocycles. The van der Waals surface area contributed by atoms with Crippen molar-refractivity contribution in [1.82, 2.24) is 5.43 Å². The maximum atomic E-state index is 11.9. The first kappa shape index (κ1) is 12.9. The van der Waals surface area contributed by atoms with Gasteiger partial charge in [-0.25, -0.2) is 10.4 Å². The number of rotatable bonds is 3. The first-order valence-corrected chi connectivity index (χ1v) is 5.40. The second kappa shape index (κ2) is 4.61. The summed E-state index contributed by atoms with van der Waals surface area (Å²) in [4.78, 5) is 31.9. The van der Waals surface area contributed by atoms with E-state index in [1.165, 1.54) is 31.2 Å². The number of carbonyl (C=O) groups excluding carboxylic acids is 1. The van der Waals surface area contributed by atoms with E-state index in [1.54, 1.807) is 0 Å². The van der Waals surface area contributed by atoms with Crippen LogP contribution in [0.3, 0.4) is 0 Å². The van der Waals surface area contributed by atoms with Crippen LogP contribution in [0.25, 0.3) is 0 Å². The van der Waals surface area contributed by atoms with Crippen molar-refractivity contribution in [2.45, 2.75) is 19.0 Å². The highest BCUT2D eigenvalue weighted by Gasteiger charge is 2.47. The maximum absolute atomic E-state index is 11.9. The average molecular weight is 266 g/mol. The van der Waals surface area contributed by atoms with Gasteiger partial charge in [-0.05, 0) is 19.1 Å². The first-order valence-electron chi connectivity index (χ1n) is 5.40. The van der Waals surface area contributed by atoms with Gasteiger partial charge in [0.2, 0.25) is 0 Å². The molecule has 2 unspecified atom stereocenters. The van der Waals surface area contributed by atoms with E-state index >= 15 is 0 Å². The van der Waals surface area contributed by atoms with Crippen molar-refractivity contribution >= 4 is 17.3 Å². The lowest BCUT2D eigenvalue weighted by atomic mass is 10.2. The topological polar surface area (TPSA) is 119 Å². The molecular formula is C10H10N4O5.